The number of urea groups is 1. The van der Waals surface area contributed by atoms with Gasteiger partial charge in [0.25, 0.3) is 0 Å². The zero-order valence-electron chi connectivity index (χ0n) is 15.0. The van der Waals surface area contributed by atoms with E-state index in [1.807, 2.05) is 37.5 Å². The van der Waals surface area contributed by atoms with Crippen molar-refractivity contribution in [2.45, 2.75) is 12.5 Å². The van der Waals surface area contributed by atoms with Gasteiger partial charge in [-0.05, 0) is 42.0 Å². The van der Waals surface area contributed by atoms with Gasteiger partial charge in [-0.2, -0.15) is 10.2 Å². The zero-order valence-corrected chi connectivity index (χ0v) is 16.5. The summed E-state index contributed by atoms with van der Waals surface area (Å²) in [6.07, 6.45) is 4.24. The van der Waals surface area contributed by atoms with Crippen LogP contribution in [0, 0.1) is 0 Å². The summed E-state index contributed by atoms with van der Waals surface area (Å²) in [7, 11) is 1.84. The van der Waals surface area contributed by atoms with E-state index in [0.717, 1.165) is 16.8 Å². The van der Waals surface area contributed by atoms with Crippen LogP contribution in [0.15, 0.2) is 66.0 Å². The van der Waals surface area contributed by atoms with E-state index in [0.29, 0.717) is 22.2 Å². The van der Waals surface area contributed by atoms with E-state index in [9.17, 15) is 4.79 Å². The summed E-state index contributed by atoms with van der Waals surface area (Å²) in [6.45, 7) is 0. The van der Waals surface area contributed by atoms with Crippen molar-refractivity contribution in [1.29, 1.82) is 0 Å². The molecule has 0 saturated heterocycles. The third-order valence-corrected chi connectivity index (χ3v) is 5.00. The van der Waals surface area contributed by atoms with E-state index in [-0.39, 0.29) is 12.1 Å². The highest BCUT2D eigenvalue weighted by molar-refractivity contribution is 6.31. The maximum Gasteiger partial charge on any atom is 0.342 e. The van der Waals surface area contributed by atoms with Crippen LogP contribution in [0.25, 0.3) is 0 Å². The average molecular weight is 414 g/mol. The Kier molecular flexibility index (Phi) is 5.07. The van der Waals surface area contributed by atoms with Crippen molar-refractivity contribution in [2.24, 2.45) is 12.1 Å². The maximum atomic E-state index is 12.9. The third-order valence-electron chi connectivity index (χ3n) is 4.50. The molecular formula is C20H17Cl2N5O. The molecule has 4 rings (SSSR count). The second-order valence-electron chi connectivity index (χ2n) is 6.50. The van der Waals surface area contributed by atoms with Crippen molar-refractivity contribution in [2.75, 3.05) is 5.32 Å². The van der Waals surface area contributed by atoms with Crippen molar-refractivity contribution in [3.63, 3.8) is 0 Å². The van der Waals surface area contributed by atoms with E-state index >= 15 is 0 Å². The zero-order chi connectivity index (χ0) is 19.7. The molecule has 2 aromatic carbocycles. The second-order valence-corrected chi connectivity index (χ2v) is 7.38. The van der Waals surface area contributed by atoms with Crippen LogP contribution in [0.3, 0.4) is 0 Å². The van der Waals surface area contributed by atoms with Gasteiger partial charge in [-0.15, -0.1) is 0 Å². The Morgan fingerprint density at radius 3 is 2.32 bits per heavy atom. The average Bonchev–Trinajstić information content (AvgIpc) is 3.31. The van der Waals surface area contributed by atoms with Crippen LogP contribution in [0.4, 0.5) is 10.5 Å². The number of aryl methyl sites for hydroxylation is 1. The molecule has 28 heavy (non-hydrogen) atoms. The minimum absolute atomic E-state index is 0.244. The minimum atomic E-state index is -0.319. The van der Waals surface area contributed by atoms with Gasteiger partial charge in [0.1, 0.15) is 0 Å². The Hall–Kier alpha value is -2.83. The van der Waals surface area contributed by atoms with Gasteiger partial charge in [0, 0.05) is 41.0 Å². The van der Waals surface area contributed by atoms with Crippen LogP contribution in [0.1, 0.15) is 23.6 Å². The minimum Gasteiger partial charge on any atom is -0.306 e. The largest absolute Gasteiger partial charge is 0.342 e. The van der Waals surface area contributed by atoms with E-state index in [4.69, 9.17) is 23.2 Å². The first-order valence-electron chi connectivity index (χ1n) is 8.67. The molecule has 0 saturated carbocycles. The standard InChI is InChI=1S/C20H17Cl2N5O/c1-26-12-14(11-23-26)19-10-18(13-2-4-15(21)5-3-13)25-27(19)20(28)24-17-8-6-16(22)7-9-17/h2-9,11-12,19H,10H2,1H3,(H,24,28). The lowest BCUT2D eigenvalue weighted by Crippen LogP contribution is -2.31. The van der Waals surface area contributed by atoms with Gasteiger partial charge in [0.05, 0.1) is 18.0 Å². The van der Waals surface area contributed by atoms with Crippen LogP contribution in [-0.2, 0) is 7.05 Å². The van der Waals surface area contributed by atoms with E-state index in [1.54, 1.807) is 35.1 Å². The van der Waals surface area contributed by atoms with Gasteiger partial charge in [-0.3, -0.25) is 4.68 Å². The Balaban J connectivity index is 1.63. The van der Waals surface area contributed by atoms with Gasteiger partial charge in [-0.25, -0.2) is 9.80 Å². The fourth-order valence-corrected chi connectivity index (χ4v) is 3.35. The molecule has 142 valence electrons. The molecule has 2 heterocycles. The quantitative estimate of drug-likeness (QED) is 0.648. The number of aromatic nitrogens is 2. The molecule has 6 nitrogen and oxygen atoms in total. The number of rotatable bonds is 3. The van der Waals surface area contributed by atoms with Crippen molar-refractivity contribution >= 4 is 40.6 Å². The summed E-state index contributed by atoms with van der Waals surface area (Å²) >= 11 is 11.9. The molecule has 1 aliphatic rings. The van der Waals surface area contributed by atoms with Crippen molar-refractivity contribution < 1.29 is 4.79 Å². The third kappa shape index (κ3) is 3.88. The van der Waals surface area contributed by atoms with Crippen LogP contribution < -0.4 is 5.32 Å². The molecule has 1 unspecified atom stereocenters. The molecule has 8 heteroatoms. The van der Waals surface area contributed by atoms with Gasteiger partial charge < -0.3 is 5.32 Å². The van der Waals surface area contributed by atoms with Gasteiger partial charge >= 0.3 is 6.03 Å². The first kappa shape index (κ1) is 18.5. The number of benzene rings is 2. The number of carbonyl (C=O) groups is 1. The van der Waals surface area contributed by atoms with Crippen LogP contribution in [0.5, 0.6) is 0 Å². The molecule has 0 bridgehead atoms. The summed E-state index contributed by atoms with van der Waals surface area (Å²) in [4.78, 5) is 12.9. The molecule has 0 aliphatic carbocycles. The molecule has 1 aliphatic heterocycles. The van der Waals surface area contributed by atoms with Gasteiger partial charge in [0.15, 0.2) is 0 Å². The molecule has 3 aromatic rings. The first-order chi connectivity index (χ1) is 13.5. The lowest BCUT2D eigenvalue weighted by atomic mass is 10.0. The summed E-state index contributed by atoms with van der Waals surface area (Å²) < 4.78 is 1.71. The van der Waals surface area contributed by atoms with Gasteiger partial charge in [-0.1, -0.05) is 35.3 Å². The predicted molar refractivity (Wildman–Crippen MR) is 111 cm³/mol. The van der Waals surface area contributed by atoms with Gasteiger partial charge in [0.2, 0.25) is 0 Å². The Morgan fingerprint density at radius 1 is 1.07 bits per heavy atom. The van der Waals surface area contributed by atoms with Crippen LogP contribution >= 0.6 is 23.2 Å². The number of nitrogens with zero attached hydrogens (tertiary/aromatic N) is 4. The number of halogens is 2. The summed E-state index contributed by atoms with van der Waals surface area (Å²) in [6, 6.07) is 13.8. The predicted octanol–water partition coefficient (Wildman–Crippen LogP) is 5.11. The molecule has 1 aromatic heterocycles. The number of amides is 2. The number of nitrogens with one attached hydrogen (secondary N) is 1. The molecular weight excluding hydrogens is 397 g/mol. The molecule has 1 N–H and O–H groups in total. The number of carbonyl (C=O) groups excluding carboxylic acids is 1. The van der Waals surface area contributed by atoms with Crippen molar-refractivity contribution in [1.82, 2.24) is 14.8 Å². The molecule has 0 fully saturated rings. The smallest absolute Gasteiger partial charge is 0.306 e. The van der Waals surface area contributed by atoms with E-state index in [2.05, 4.69) is 15.5 Å². The number of hydrazone groups is 1. The molecule has 1 atom stereocenters. The highest BCUT2D eigenvalue weighted by Gasteiger charge is 2.34. The molecule has 0 spiro atoms. The second kappa shape index (κ2) is 7.66. The fraction of sp³-hybridized carbons (Fsp3) is 0.150. The Labute approximate surface area is 172 Å². The maximum absolute atomic E-state index is 12.9. The highest BCUT2D eigenvalue weighted by atomic mass is 35.5. The Bertz CT molecular complexity index is 1030. The van der Waals surface area contributed by atoms with Crippen LogP contribution in [-0.4, -0.2) is 26.5 Å². The lowest BCUT2D eigenvalue weighted by Gasteiger charge is -2.21. The molecule has 2 amide bonds. The van der Waals surface area contributed by atoms with E-state index < -0.39 is 0 Å². The van der Waals surface area contributed by atoms with E-state index in [1.165, 1.54) is 5.01 Å². The first-order valence-corrected chi connectivity index (χ1v) is 9.43. The number of hydrogen-bond acceptors (Lipinski definition) is 3. The number of hydrogen-bond donors (Lipinski definition) is 1. The highest BCUT2D eigenvalue weighted by Crippen LogP contribution is 2.33. The fourth-order valence-electron chi connectivity index (χ4n) is 3.10. The molecule has 0 radical (unpaired) electrons. The Morgan fingerprint density at radius 2 is 1.71 bits per heavy atom. The summed E-state index contributed by atoms with van der Waals surface area (Å²) in [5.74, 6) is 0. The van der Waals surface area contributed by atoms with Crippen LogP contribution in [0.2, 0.25) is 10.0 Å². The summed E-state index contributed by atoms with van der Waals surface area (Å²) in [5.41, 5.74) is 3.31. The van der Waals surface area contributed by atoms with Crippen molar-refractivity contribution in [3.05, 3.63) is 82.1 Å². The number of anilines is 1. The normalized spacial score (nSPS) is 16.2. The SMILES string of the molecule is Cn1cc(C2CC(c3ccc(Cl)cc3)=NN2C(=O)Nc2ccc(Cl)cc2)cn1. The topological polar surface area (TPSA) is 62.5 Å². The monoisotopic (exact) mass is 413 g/mol. The lowest BCUT2D eigenvalue weighted by molar-refractivity contribution is 0.200. The van der Waals surface area contributed by atoms with Crippen molar-refractivity contribution in [3.8, 4) is 0 Å². The summed E-state index contributed by atoms with van der Waals surface area (Å²) in [5, 5.41) is 14.4.